The molecule has 0 spiro atoms. The Bertz CT molecular complexity index is 378. The molecule has 2 N–H and O–H groups in total. The van der Waals surface area contributed by atoms with Crippen LogP contribution in [0.1, 0.15) is 40.0 Å². The maximum atomic E-state index is 12.3. The first-order chi connectivity index (χ1) is 8.79. The van der Waals surface area contributed by atoms with Gasteiger partial charge in [0.25, 0.3) is 5.91 Å². The Balaban J connectivity index is 2.14. The van der Waals surface area contributed by atoms with Gasteiger partial charge in [-0.25, -0.2) is 9.80 Å². The normalized spacial score (nSPS) is 29.1. The molecule has 2 rings (SSSR count). The van der Waals surface area contributed by atoms with E-state index in [1.807, 2.05) is 25.8 Å². The predicted molar refractivity (Wildman–Crippen MR) is 69.9 cm³/mol. The first-order valence-corrected chi connectivity index (χ1v) is 6.86. The van der Waals surface area contributed by atoms with E-state index in [1.165, 1.54) is 5.01 Å². The minimum atomic E-state index is -0.540. The number of carbonyl (C=O) groups is 2. The lowest BCUT2D eigenvalue weighted by atomic mass is 10.1. The highest BCUT2D eigenvalue weighted by Gasteiger charge is 2.44. The monoisotopic (exact) mass is 269 g/mol. The molecule has 0 aromatic carbocycles. The molecule has 0 aliphatic carbocycles. The van der Waals surface area contributed by atoms with Crippen molar-refractivity contribution in [3.63, 3.8) is 0 Å². The van der Waals surface area contributed by atoms with Gasteiger partial charge < -0.3 is 10.5 Å². The standard InChI is InChI=1S/C13H23N3O3/c1-13(2,3)19-12(18)10-6-8-15-7-4-5-9(14)11(17)16(10)15/h9-10H,4-8,14H2,1-3H3. The number of carbonyl (C=O) groups excluding carboxylic acids is 2. The van der Waals surface area contributed by atoms with Crippen molar-refractivity contribution < 1.29 is 14.3 Å². The number of fused-ring (bicyclic) bond motifs is 1. The second-order valence-corrected chi connectivity index (χ2v) is 6.22. The van der Waals surface area contributed by atoms with Crippen LogP contribution in [0.15, 0.2) is 0 Å². The minimum absolute atomic E-state index is 0.161. The number of esters is 1. The Morgan fingerprint density at radius 1 is 1.32 bits per heavy atom. The second-order valence-electron chi connectivity index (χ2n) is 6.22. The Labute approximate surface area is 113 Å². The topological polar surface area (TPSA) is 75.9 Å². The zero-order chi connectivity index (χ0) is 14.2. The van der Waals surface area contributed by atoms with E-state index in [2.05, 4.69) is 0 Å². The average molecular weight is 269 g/mol. The van der Waals surface area contributed by atoms with E-state index in [1.54, 1.807) is 0 Å². The molecule has 2 heterocycles. The van der Waals surface area contributed by atoms with Crippen molar-refractivity contribution in [2.75, 3.05) is 13.1 Å². The van der Waals surface area contributed by atoms with Gasteiger partial charge in [0.1, 0.15) is 11.6 Å². The van der Waals surface area contributed by atoms with Crippen LogP contribution < -0.4 is 5.73 Å². The van der Waals surface area contributed by atoms with Gasteiger partial charge in [-0.15, -0.1) is 0 Å². The molecule has 19 heavy (non-hydrogen) atoms. The molecule has 6 nitrogen and oxygen atoms in total. The Hall–Kier alpha value is -1.14. The van der Waals surface area contributed by atoms with Gasteiger partial charge in [0, 0.05) is 13.1 Å². The van der Waals surface area contributed by atoms with Crippen molar-refractivity contribution in [2.24, 2.45) is 5.73 Å². The largest absolute Gasteiger partial charge is 0.458 e. The summed E-state index contributed by atoms with van der Waals surface area (Å²) in [6.07, 6.45) is 2.17. The van der Waals surface area contributed by atoms with Crippen LogP contribution in [0.4, 0.5) is 0 Å². The summed E-state index contributed by atoms with van der Waals surface area (Å²) >= 11 is 0. The summed E-state index contributed by atoms with van der Waals surface area (Å²) in [6.45, 7) is 6.97. The second kappa shape index (κ2) is 5.09. The SMILES string of the molecule is CC(C)(C)OC(=O)C1CCN2CCCC(N)C(=O)N12. The van der Waals surface area contributed by atoms with Crippen molar-refractivity contribution in [3.8, 4) is 0 Å². The molecule has 2 saturated heterocycles. The molecule has 2 aliphatic rings. The smallest absolute Gasteiger partial charge is 0.331 e. The van der Waals surface area contributed by atoms with Crippen LogP contribution in [-0.4, -0.2) is 52.7 Å². The Kier molecular flexibility index (Phi) is 3.82. The average Bonchev–Trinajstić information content (AvgIpc) is 2.64. The third kappa shape index (κ3) is 3.06. The molecule has 6 heteroatoms. The summed E-state index contributed by atoms with van der Waals surface area (Å²) in [5, 5.41) is 3.47. The third-order valence-electron chi connectivity index (χ3n) is 3.41. The highest BCUT2D eigenvalue weighted by Crippen LogP contribution is 2.25. The highest BCUT2D eigenvalue weighted by molar-refractivity contribution is 5.87. The molecule has 1 amide bonds. The van der Waals surface area contributed by atoms with Gasteiger partial charge in [0.15, 0.2) is 0 Å². The summed E-state index contributed by atoms with van der Waals surface area (Å²) in [5.41, 5.74) is 5.31. The van der Waals surface area contributed by atoms with Crippen LogP contribution in [0.25, 0.3) is 0 Å². The lowest BCUT2D eigenvalue weighted by Crippen LogP contribution is -2.53. The fourth-order valence-electron chi connectivity index (χ4n) is 2.59. The van der Waals surface area contributed by atoms with Gasteiger partial charge in [0.05, 0.1) is 6.04 Å². The number of ether oxygens (including phenoxy) is 1. The van der Waals surface area contributed by atoms with E-state index in [0.29, 0.717) is 19.4 Å². The zero-order valence-electron chi connectivity index (χ0n) is 11.9. The van der Waals surface area contributed by atoms with E-state index >= 15 is 0 Å². The molecule has 2 atom stereocenters. The third-order valence-corrected chi connectivity index (χ3v) is 3.41. The van der Waals surface area contributed by atoms with Crippen LogP contribution in [-0.2, 0) is 14.3 Å². The number of nitrogens with two attached hydrogens (primary N) is 1. The van der Waals surface area contributed by atoms with E-state index in [9.17, 15) is 9.59 Å². The summed E-state index contributed by atoms with van der Waals surface area (Å²) in [7, 11) is 0. The lowest BCUT2D eigenvalue weighted by Gasteiger charge is -2.31. The maximum Gasteiger partial charge on any atom is 0.331 e. The first kappa shape index (κ1) is 14.3. The van der Waals surface area contributed by atoms with Gasteiger partial charge >= 0.3 is 5.97 Å². The summed E-state index contributed by atoms with van der Waals surface area (Å²) in [6, 6.07) is -1.02. The van der Waals surface area contributed by atoms with Crippen LogP contribution in [0.5, 0.6) is 0 Å². The van der Waals surface area contributed by atoms with Gasteiger partial charge in [-0.3, -0.25) is 9.80 Å². The van der Waals surface area contributed by atoms with E-state index in [-0.39, 0.29) is 11.9 Å². The fourth-order valence-corrected chi connectivity index (χ4v) is 2.59. The van der Waals surface area contributed by atoms with Gasteiger partial charge in [-0.05, 0) is 40.0 Å². The number of rotatable bonds is 1. The van der Waals surface area contributed by atoms with E-state index < -0.39 is 17.7 Å². The molecule has 2 unspecified atom stereocenters. The Morgan fingerprint density at radius 3 is 2.63 bits per heavy atom. The molecule has 0 aromatic rings. The summed E-state index contributed by atoms with van der Waals surface area (Å²) in [4.78, 5) is 24.5. The molecular formula is C13H23N3O3. The van der Waals surface area contributed by atoms with Crippen molar-refractivity contribution in [1.82, 2.24) is 10.0 Å². The maximum absolute atomic E-state index is 12.3. The van der Waals surface area contributed by atoms with Crippen molar-refractivity contribution in [3.05, 3.63) is 0 Å². The van der Waals surface area contributed by atoms with Gasteiger partial charge in [0.2, 0.25) is 0 Å². The molecule has 0 saturated carbocycles. The number of hydrogen-bond acceptors (Lipinski definition) is 5. The zero-order valence-corrected chi connectivity index (χ0v) is 11.9. The van der Waals surface area contributed by atoms with Crippen LogP contribution >= 0.6 is 0 Å². The molecule has 0 bridgehead atoms. The van der Waals surface area contributed by atoms with Gasteiger partial charge in [-0.2, -0.15) is 0 Å². The van der Waals surface area contributed by atoms with Crippen LogP contribution in [0.2, 0.25) is 0 Å². The molecule has 108 valence electrons. The molecule has 0 aromatic heterocycles. The molecule has 0 radical (unpaired) electrons. The van der Waals surface area contributed by atoms with Crippen molar-refractivity contribution >= 4 is 11.9 Å². The van der Waals surface area contributed by atoms with E-state index in [4.69, 9.17) is 10.5 Å². The highest BCUT2D eigenvalue weighted by atomic mass is 16.6. The number of amides is 1. The molecule has 2 aliphatic heterocycles. The first-order valence-electron chi connectivity index (χ1n) is 6.86. The molecule has 2 fully saturated rings. The summed E-state index contributed by atoms with van der Waals surface area (Å²) < 4.78 is 5.39. The predicted octanol–water partition coefficient (Wildman–Crippen LogP) is 0.267. The quantitative estimate of drug-likeness (QED) is 0.691. The van der Waals surface area contributed by atoms with Gasteiger partial charge in [-0.1, -0.05) is 0 Å². The van der Waals surface area contributed by atoms with Crippen LogP contribution in [0.3, 0.4) is 0 Å². The number of hydrogen-bond donors (Lipinski definition) is 1. The van der Waals surface area contributed by atoms with Crippen molar-refractivity contribution in [1.29, 1.82) is 0 Å². The molecular weight excluding hydrogens is 246 g/mol. The van der Waals surface area contributed by atoms with Crippen LogP contribution in [0, 0.1) is 0 Å². The minimum Gasteiger partial charge on any atom is -0.458 e. The van der Waals surface area contributed by atoms with E-state index in [0.717, 1.165) is 13.0 Å². The summed E-state index contributed by atoms with van der Waals surface area (Å²) in [5.74, 6) is -0.497. The number of hydrazine groups is 1. The number of nitrogens with zero attached hydrogens (tertiary/aromatic N) is 2. The Morgan fingerprint density at radius 2 is 2.00 bits per heavy atom. The fraction of sp³-hybridized carbons (Fsp3) is 0.846. The van der Waals surface area contributed by atoms with Crippen molar-refractivity contribution in [2.45, 2.75) is 57.7 Å². The lowest BCUT2D eigenvalue weighted by molar-refractivity contribution is -0.170.